The van der Waals surface area contributed by atoms with E-state index in [9.17, 15) is 13.2 Å². The number of hydrogen-bond acceptors (Lipinski definition) is 4. The number of primary sulfonamides is 1. The lowest BCUT2D eigenvalue weighted by Gasteiger charge is -2.17. The molecule has 2 N–H and O–H groups in total. The first-order valence-corrected chi connectivity index (χ1v) is 10.4. The number of thioether (sulfide) groups is 1. The van der Waals surface area contributed by atoms with Crippen LogP contribution in [0.4, 0.5) is 5.69 Å². The second kappa shape index (κ2) is 6.82. The van der Waals surface area contributed by atoms with Crippen molar-refractivity contribution in [2.45, 2.75) is 30.1 Å². The van der Waals surface area contributed by atoms with Crippen molar-refractivity contribution >= 4 is 33.4 Å². The van der Waals surface area contributed by atoms with Gasteiger partial charge in [-0.05, 0) is 55.7 Å². The first-order chi connectivity index (χ1) is 11.8. The SMILES string of the molecule is Cc1ccc(C)c(SCC(=O)N2CCc3cc(S(N)(=O)=O)ccc32)c1. The minimum atomic E-state index is -3.72. The summed E-state index contributed by atoms with van der Waals surface area (Å²) in [6.07, 6.45) is 0.637. The van der Waals surface area contributed by atoms with Gasteiger partial charge in [-0.25, -0.2) is 13.6 Å². The molecule has 25 heavy (non-hydrogen) atoms. The van der Waals surface area contributed by atoms with Gasteiger partial charge in [0.15, 0.2) is 0 Å². The molecule has 0 unspecified atom stereocenters. The number of carbonyl (C=O) groups is 1. The first kappa shape index (κ1) is 18.0. The van der Waals surface area contributed by atoms with Crippen molar-refractivity contribution in [3.8, 4) is 0 Å². The molecule has 0 bridgehead atoms. The van der Waals surface area contributed by atoms with Crippen LogP contribution >= 0.6 is 11.8 Å². The van der Waals surface area contributed by atoms with Crippen LogP contribution in [0.15, 0.2) is 46.2 Å². The first-order valence-electron chi connectivity index (χ1n) is 7.92. The Hall–Kier alpha value is -1.83. The Morgan fingerprint density at radius 2 is 1.96 bits per heavy atom. The van der Waals surface area contributed by atoms with E-state index < -0.39 is 10.0 Å². The summed E-state index contributed by atoms with van der Waals surface area (Å²) in [7, 11) is -3.72. The summed E-state index contributed by atoms with van der Waals surface area (Å²) in [6.45, 7) is 4.63. The van der Waals surface area contributed by atoms with Crippen molar-refractivity contribution in [3.63, 3.8) is 0 Å². The Kier molecular flexibility index (Phi) is 4.90. The quantitative estimate of drug-likeness (QED) is 0.832. The molecule has 1 aliphatic rings. The fourth-order valence-corrected chi connectivity index (χ4v) is 4.46. The van der Waals surface area contributed by atoms with Crippen molar-refractivity contribution in [2.75, 3.05) is 17.2 Å². The summed E-state index contributed by atoms with van der Waals surface area (Å²) in [6, 6.07) is 10.9. The zero-order valence-corrected chi connectivity index (χ0v) is 15.8. The van der Waals surface area contributed by atoms with Crippen LogP contribution in [0.5, 0.6) is 0 Å². The van der Waals surface area contributed by atoms with Crippen LogP contribution in [0.25, 0.3) is 0 Å². The number of amides is 1. The minimum Gasteiger partial charge on any atom is -0.311 e. The van der Waals surface area contributed by atoms with Gasteiger partial charge in [-0.2, -0.15) is 0 Å². The summed E-state index contributed by atoms with van der Waals surface area (Å²) in [4.78, 5) is 15.5. The van der Waals surface area contributed by atoms with Gasteiger partial charge in [-0.1, -0.05) is 17.7 Å². The van der Waals surface area contributed by atoms with Crippen molar-refractivity contribution in [3.05, 3.63) is 53.1 Å². The third-order valence-corrected chi connectivity index (χ3v) is 6.32. The molecule has 0 spiro atoms. The highest BCUT2D eigenvalue weighted by molar-refractivity contribution is 8.00. The lowest BCUT2D eigenvalue weighted by atomic mass is 10.2. The molecule has 0 saturated heterocycles. The number of fused-ring (bicyclic) bond motifs is 1. The zero-order chi connectivity index (χ0) is 18.2. The zero-order valence-electron chi connectivity index (χ0n) is 14.2. The van der Waals surface area contributed by atoms with Gasteiger partial charge in [-0.15, -0.1) is 11.8 Å². The number of anilines is 1. The summed E-state index contributed by atoms with van der Waals surface area (Å²) < 4.78 is 22.9. The second-order valence-corrected chi connectivity index (χ2v) is 8.77. The molecule has 0 radical (unpaired) electrons. The average Bonchev–Trinajstić information content (AvgIpc) is 2.98. The van der Waals surface area contributed by atoms with Crippen molar-refractivity contribution in [1.29, 1.82) is 0 Å². The molecule has 0 fully saturated rings. The Morgan fingerprint density at radius 3 is 2.68 bits per heavy atom. The maximum atomic E-state index is 12.6. The van der Waals surface area contributed by atoms with E-state index in [0.717, 1.165) is 21.7 Å². The van der Waals surface area contributed by atoms with Crippen LogP contribution in [-0.2, 0) is 21.2 Å². The number of sulfonamides is 1. The van der Waals surface area contributed by atoms with Gasteiger partial charge < -0.3 is 4.90 Å². The Morgan fingerprint density at radius 1 is 1.20 bits per heavy atom. The maximum absolute atomic E-state index is 12.6. The number of nitrogens with two attached hydrogens (primary N) is 1. The standard InChI is InChI=1S/C18H20N2O3S2/c1-12-3-4-13(2)17(9-12)24-11-18(21)20-8-7-14-10-15(25(19,22)23)5-6-16(14)20/h3-6,9-10H,7-8,11H2,1-2H3,(H2,19,22,23). The predicted octanol–water partition coefficient (Wildman–Crippen LogP) is 2.63. The highest BCUT2D eigenvalue weighted by atomic mass is 32.2. The molecule has 5 nitrogen and oxygen atoms in total. The molecule has 7 heteroatoms. The van der Waals surface area contributed by atoms with E-state index in [1.54, 1.807) is 17.0 Å². The summed E-state index contributed by atoms with van der Waals surface area (Å²) in [5.74, 6) is 0.369. The third-order valence-electron chi connectivity index (χ3n) is 4.27. The molecule has 1 amide bonds. The average molecular weight is 377 g/mol. The molecule has 1 aliphatic heterocycles. The Labute approximate surface area is 152 Å². The molecule has 2 aromatic rings. The largest absolute Gasteiger partial charge is 0.311 e. The molecule has 0 aromatic heterocycles. The minimum absolute atomic E-state index is 0.0213. The van der Waals surface area contributed by atoms with Crippen molar-refractivity contribution < 1.29 is 13.2 Å². The fourth-order valence-electron chi connectivity index (χ4n) is 2.89. The number of carbonyl (C=O) groups excluding carboxylic acids is 1. The highest BCUT2D eigenvalue weighted by Gasteiger charge is 2.26. The number of hydrogen-bond donors (Lipinski definition) is 1. The maximum Gasteiger partial charge on any atom is 0.238 e. The summed E-state index contributed by atoms with van der Waals surface area (Å²) in [5, 5.41) is 5.17. The lowest BCUT2D eigenvalue weighted by molar-refractivity contribution is -0.116. The Bertz CT molecular complexity index is 939. The molecule has 0 aliphatic carbocycles. The molecule has 2 aromatic carbocycles. The van der Waals surface area contributed by atoms with Crippen molar-refractivity contribution in [2.24, 2.45) is 5.14 Å². The predicted molar refractivity (Wildman–Crippen MR) is 101 cm³/mol. The molecule has 1 heterocycles. The van der Waals surface area contributed by atoms with Gasteiger partial charge in [0.1, 0.15) is 0 Å². The number of aryl methyl sites for hydroxylation is 2. The molecular formula is C18H20N2O3S2. The summed E-state index contributed by atoms with van der Waals surface area (Å²) >= 11 is 1.53. The van der Waals surface area contributed by atoms with E-state index in [0.29, 0.717) is 18.7 Å². The van der Waals surface area contributed by atoms with Crippen LogP contribution in [0.3, 0.4) is 0 Å². The fraction of sp³-hybridized carbons (Fsp3) is 0.278. The van der Waals surface area contributed by atoms with Gasteiger partial charge in [0.25, 0.3) is 0 Å². The van der Waals surface area contributed by atoms with Crippen LogP contribution in [-0.4, -0.2) is 26.6 Å². The Balaban J connectivity index is 1.74. The topological polar surface area (TPSA) is 80.5 Å². The van der Waals surface area contributed by atoms with Gasteiger partial charge >= 0.3 is 0 Å². The van der Waals surface area contributed by atoms with Crippen LogP contribution < -0.4 is 10.0 Å². The van der Waals surface area contributed by atoms with E-state index in [4.69, 9.17) is 5.14 Å². The van der Waals surface area contributed by atoms with Crippen LogP contribution in [0, 0.1) is 13.8 Å². The van der Waals surface area contributed by atoms with E-state index in [2.05, 4.69) is 18.2 Å². The van der Waals surface area contributed by atoms with Gasteiger partial charge in [-0.3, -0.25) is 4.79 Å². The van der Waals surface area contributed by atoms with Crippen LogP contribution in [0.2, 0.25) is 0 Å². The smallest absolute Gasteiger partial charge is 0.238 e. The molecule has 132 valence electrons. The normalized spacial score (nSPS) is 13.8. The number of nitrogens with zero attached hydrogens (tertiary/aromatic N) is 1. The molecule has 3 rings (SSSR count). The monoisotopic (exact) mass is 376 g/mol. The van der Waals surface area contributed by atoms with E-state index in [-0.39, 0.29) is 10.8 Å². The summed E-state index contributed by atoms with van der Waals surface area (Å²) in [5.41, 5.74) is 3.95. The lowest BCUT2D eigenvalue weighted by Crippen LogP contribution is -2.30. The van der Waals surface area contributed by atoms with E-state index >= 15 is 0 Å². The van der Waals surface area contributed by atoms with Crippen molar-refractivity contribution in [1.82, 2.24) is 0 Å². The highest BCUT2D eigenvalue weighted by Crippen LogP contribution is 2.31. The molecular weight excluding hydrogens is 356 g/mol. The number of rotatable bonds is 4. The molecule has 0 saturated carbocycles. The van der Waals surface area contributed by atoms with Crippen LogP contribution in [0.1, 0.15) is 16.7 Å². The molecule has 0 atom stereocenters. The van der Waals surface area contributed by atoms with Gasteiger partial charge in [0, 0.05) is 17.1 Å². The van der Waals surface area contributed by atoms with Gasteiger partial charge in [0.05, 0.1) is 10.6 Å². The van der Waals surface area contributed by atoms with E-state index in [1.807, 2.05) is 13.8 Å². The van der Waals surface area contributed by atoms with E-state index in [1.165, 1.54) is 23.4 Å². The van der Waals surface area contributed by atoms with Gasteiger partial charge in [0.2, 0.25) is 15.9 Å². The number of benzene rings is 2. The third kappa shape index (κ3) is 3.89. The second-order valence-electron chi connectivity index (χ2n) is 6.19.